The molecule has 0 aliphatic carbocycles. The van der Waals surface area contributed by atoms with Gasteiger partial charge in [0.2, 0.25) is 11.8 Å². The smallest absolute Gasteiger partial charge is 0.239 e. The Labute approximate surface area is 175 Å². The van der Waals surface area contributed by atoms with Crippen LogP contribution < -0.4 is 5.73 Å². The van der Waals surface area contributed by atoms with E-state index in [4.69, 9.17) is 5.73 Å². The van der Waals surface area contributed by atoms with Crippen LogP contribution >= 0.6 is 0 Å². The van der Waals surface area contributed by atoms with Crippen molar-refractivity contribution in [2.24, 2.45) is 0 Å². The fourth-order valence-corrected chi connectivity index (χ4v) is 3.58. The predicted octanol–water partition coefficient (Wildman–Crippen LogP) is 3.88. The standard InChI is InChI=1S/C22H26N8/c1-2-3-4-5-10-20-24-22(23)27-30(20)15-16-11-13-17(14-12-16)18-8-6-7-9-19(18)21-25-28-29-26-21/h6-9,11-14H,2-5,10,15H2,1H3,(H2,23,27)(H,25,26,28,29). The van der Waals surface area contributed by atoms with Gasteiger partial charge < -0.3 is 5.73 Å². The number of nitrogens with two attached hydrogens (primary N) is 1. The summed E-state index contributed by atoms with van der Waals surface area (Å²) in [6.07, 6.45) is 5.68. The number of tetrazole rings is 1. The summed E-state index contributed by atoms with van der Waals surface area (Å²) in [6.45, 7) is 2.87. The minimum absolute atomic E-state index is 0.339. The molecule has 8 nitrogen and oxygen atoms in total. The van der Waals surface area contributed by atoms with Crippen molar-refractivity contribution in [2.75, 3.05) is 5.73 Å². The van der Waals surface area contributed by atoms with Crippen LogP contribution in [0.5, 0.6) is 0 Å². The number of aromatic nitrogens is 7. The van der Waals surface area contributed by atoms with Crippen LogP contribution in [0.15, 0.2) is 48.5 Å². The largest absolute Gasteiger partial charge is 0.366 e. The van der Waals surface area contributed by atoms with Crippen molar-refractivity contribution in [3.05, 3.63) is 59.9 Å². The van der Waals surface area contributed by atoms with E-state index in [0.29, 0.717) is 18.3 Å². The van der Waals surface area contributed by atoms with Gasteiger partial charge in [0, 0.05) is 12.0 Å². The van der Waals surface area contributed by atoms with Gasteiger partial charge in [-0.3, -0.25) is 0 Å². The fourth-order valence-electron chi connectivity index (χ4n) is 3.58. The highest BCUT2D eigenvalue weighted by Crippen LogP contribution is 2.29. The monoisotopic (exact) mass is 402 g/mol. The number of aromatic amines is 1. The highest BCUT2D eigenvalue weighted by molar-refractivity contribution is 5.80. The molecule has 154 valence electrons. The Balaban J connectivity index is 1.51. The van der Waals surface area contributed by atoms with E-state index in [-0.39, 0.29) is 0 Å². The van der Waals surface area contributed by atoms with Crippen molar-refractivity contribution >= 4 is 5.95 Å². The molecule has 0 fully saturated rings. The van der Waals surface area contributed by atoms with Crippen LogP contribution in [0.25, 0.3) is 22.5 Å². The fraction of sp³-hybridized carbons (Fsp3) is 0.318. The van der Waals surface area contributed by atoms with Crippen molar-refractivity contribution in [3.8, 4) is 22.5 Å². The summed E-state index contributed by atoms with van der Waals surface area (Å²) >= 11 is 0. The van der Waals surface area contributed by atoms with Gasteiger partial charge in [-0.25, -0.2) is 4.68 Å². The number of hydrogen-bond donors (Lipinski definition) is 2. The summed E-state index contributed by atoms with van der Waals surface area (Å²) in [5.41, 5.74) is 10.1. The molecule has 0 bridgehead atoms. The average Bonchev–Trinajstić information content (AvgIpc) is 3.42. The number of nitrogen functional groups attached to an aromatic ring is 1. The summed E-state index contributed by atoms with van der Waals surface area (Å²) in [7, 11) is 0. The van der Waals surface area contributed by atoms with Crippen molar-refractivity contribution in [1.29, 1.82) is 0 Å². The van der Waals surface area contributed by atoms with Crippen LogP contribution in [0.3, 0.4) is 0 Å². The molecule has 2 aromatic heterocycles. The molecular weight excluding hydrogens is 376 g/mol. The normalized spacial score (nSPS) is 11.1. The van der Waals surface area contributed by atoms with Gasteiger partial charge in [0.15, 0.2) is 0 Å². The van der Waals surface area contributed by atoms with Crippen LogP contribution in [0.2, 0.25) is 0 Å². The summed E-state index contributed by atoms with van der Waals surface area (Å²) in [5.74, 6) is 1.88. The maximum Gasteiger partial charge on any atom is 0.239 e. The lowest BCUT2D eigenvalue weighted by Crippen LogP contribution is -2.07. The number of H-pyrrole nitrogens is 1. The van der Waals surface area contributed by atoms with Crippen LogP contribution in [-0.4, -0.2) is 35.4 Å². The molecule has 0 saturated carbocycles. The molecule has 4 rings (SSSR count). The minimum Gasteiger partial charge on any atom is -0.366 e. The SMILES string of the molecule is CCCCCCc1nc(N)nn1Cc1ccc(-c2ccccc2-c2nn[nH]n2)cc1. The zero-order chi connectivity index (χ0) is 20.8. The molecule has 3 N–H and O–H groups in total. The summed E-state index contributed by atoms with van der Waals surface area (Å²) in [6, 6.07) is 16.5. The third-order valence-electron chi connectivity index (χ3n) is 5.13. The Morgan fingerprint density at radius 3 is 2.50 bits per heavy atom. The van der Waals surface area contributed by atoms with E-state index in [9.17, 15) is 0 Å². The van der Waals surface area contributed by atoms with E-state index in [1.807, 2.05) is 22.9 Å². The Morgan fingerprint density at radius 2 is 1.77 bits per heavy atom. The predicted molar refractivity (Wildman–Crippen MR) is 116 cm³/mol. The first-order chi connectivity index (χ1) is 14.7. The molecule has 2 aromatic carbocycles. The molecule has 0 aliphatic heterocycles. The number of aryl methyl sites for hydroxylation is 1. The first-order valence-corrected chi connectivity index (χ1v) is 10.4. The van der Waals surface area contributed by atoms with Gasteiger partial charge in [-0.2, -0.15) is 10.2 Å². The second-order valence-corrected chi connectivity index (χ2v) is 7.33. The first-order valence-electron chi connectivity index (χ1n) is 10.4. The summed E-state index contributed by atoms with van der Waals surface area (Å²) < 4.78 is 1.92. The van der Waals surface area contributed by atoms with E-state index in [2.05, 4.69) is 68.0 Å². The highest BCUT2D eigenvalue weighted by Gasteiger charge is 2.12. The average molecular weight is 403 g/mol. The third-order valence-corrected chi connectivity index (χ3v) is 5.13. The Kier molecular flexibility index (Phi) is 6.12. The second-order valence-electron chi connectivity index (χ2n) is 7.33. The van der Waals surface area contributed by atoms with E-state index in [1.54, 1.807) is 0 Å². The molecule has 0 saturated heterocycles. The van der Waals surface area contributed by atoms with Gasteiger partial charge in [-0.05, 0) is 28.3 Å². The van der Waals surface area contributed by atoms with Gasteiger partial charge in [-0.15, -0.1) is 15.3 Å². The Morgan fingerprint density at radius 1 is 0.967 bits per heavy atom. The van der Waals surface area contributed by atoms with Crippen LogP contribution in [-0.2, 0) is 13.0 Å². The summed E-state index contributed by atoms with van der Waals surface area (Å²) in [5, 5.41) is 18.8. The van der Waals surface area contributed by atoms with Crippen LogP contribution in [0, 0.1) is 0 Å². The summed E-state index contributed by atoms with van der Waals surface area (Å²) in [4.78, 5) is 4.42. The van der Waals surface area contributed by atoms with E-state index >= 15 is 0 Å². The molecule has 0 amide bonds. The zero-order valence-corrected chi connectivity index (χ0v) is 17.1. The quantitative estimate of drug-likeness (QED) is 0.411. The lowest BCUT2D eigenvalue weighted by atomic mass is 9.98. The molecule has 0 atom stereocenters. The van der Waals surface area contributed by atoms with Gasteiger partial charge in [0.1, 0.15) is 5.82 Å². The van der Waals surface area contributed by atoms with Gasteiger partial charge in [-0.1, -0.05) is 74.7 Å². The molecule has 2 heterocycles. The van der Waals surface area contributed by atoms with Gasteiger partial charge in [0.05, 0.1) is 6.54 Å². The number of unbranched alkanes of at least 4 members (excludes halogenated alkanes) is 3. The van der Waals surface area contributed by atoms with Crippen LogP contribution in [0.4, 0.5) is 5.95 Å². The Hall–Kier alpha value is -3.55. The highest BCUT2D eigenvalue weighted by atomic mass is 15.5. The van der Waals surface area contributed by atoms with E-state index < -0.39 is 0 Å². The Bertz CT molecular complexity index is 1070. The van der Waals surface area contributed by atoms with Crippen molar-refractivity contribution in [2.45, 2.75) is 45.6 Å². The molecule has 0 unspecified atom stereocenters. The lowest BCUT2D eigenvalue weighted by Gasteiger charge is -2.09. The molecular formula is C22H26N8. The number of anilines is 1. The van der Waals surface area contributed by atoms with Crippen molar-refractivity contribution in [3.63, 3.8) is 0 Å². The molecule has 4 aromatic rings. The van der Waals surface area contributed by atoms with Gasteiger partial charge >= 0.3 is 0 Å². The second kappa shape index (κ2) is 9.30. The molecule has 0 radical (unpaired) electrons. The number of benzene rings is 2. The number of nitrogens with zero attached hydrogens (tertiary/aromatic N) is 6. The first kappa shape index (κ1) is 19.8. The van der Waals surface area contributed by atoms with E-state index in [1.165, 1.54) is 19.3 Å². The van der Waals surface area contributed by atoms with E-state index in [0.717, 1.165) is 40.9 Å². The van der Waals surface area contributed by atoms with Crippen LogP contribution in [0.1, 0.15) is 44.0 Å². The van der Waals surface area contributed by atoms with Crippen molar-refractivity contribution in [1.82, 2.24) is 35.4 Å². The van der Waals surface area contributed by atoms with Crippen molar-refractivity contribution < 1.29 is 0 Å². The number of nitrogens with one attached hydrogen (secondary N) is 1. The molecule has 0 spiro atoms. The molecule has 30 heavy (non-hydrogen) atoms. The zero-order valence-electron chi connectivity index (χ0n) is 17.1. The third kappa shape index (κ3) is 4.53. The minimum atomic E-state index is 0.339. The van der Waals surface area contributed by atoms with Gasteiger partial charge in [0.25, 0.3) is 0 Å². The number of hydrogen-bond acceptors (Lipinski definition) is 6. The maximum absolute atomic E-state index is 5.86. The number of rotatable bonds is 9. The molecule has 8 heteroatoms. The topological polar surface area (TPSA) is 111 Å². The lowest BCUT2D eigenvalue weighted by molar-refractivity contribution is 0.596. The molecule has 0 aliphatic rings. The maximum atomic E-state index is 5.86.